The van der Waals surface area contributed by atoms with Crippen molar-refractivity contribution < 1.29 is 14.3 Å². The summed E-state index contributed by atoms with van der Waals surface area (Å²) in [5, 5.41) is 6.39. The van der Waals surface area contributed by atoms with Gasteiger partial charge in [-0.05, 0) is 38.1 Å². The van der Waals surface area contributed by atoms with Crippen molar-refractivity contribution in [2.24, 2.45) is 5.41 Å². The molecule has 0 aliphatic carbocycles. The van der Waals surface area contributed by atoms with Gasteiger partial charge in [-0.2, -0.15) is 0 Å². The van der Waals surface area contributed by atoms with Gasteiger partial charge in [-0.1, -0.05) is 12.1 Å². The van der Waals surface area contributed by atoms with Crippen LogP contribution in [0.25, 0.3) is 0 Å². The molecular weight excluding hydrogens is 268 g/mol. The standard InChI is InChI=1S/C16H24N2O3/c1-20-12-16(7-9-17-10-8-16)11-18-15(19)13-5-3-4-6-14(13)21-2/h3-6,17H,7-12H2,1-2H3,(H,18,19). The highest BCUT2D eigenvalue weighted by molar-refractivity contribution is 5.96. The molecule has 21 heavy (non-hydrogen) atoms. The van der Waals surface area contributed by atoms with Crippen LogP contribution >= 0.6 is 0 Å². The third-order valence-corrected chi connectivity index (χ3v) is 4.09. The molecule has 1 aromatic carbocycles. The first-order chi connectivity index (χ1) is 10.2. The number of hydrogen-bond donors (Lipinski definition) is 2. The zero-order valence-electron chi connectivity index (χ0n) is 12.8. The number of nitrogens with one attached hydrogen (secondary N) is 2. The van der Waals surface area contributed by atoms with Crippen LogP contribution in [0.2, 0.25) is 0 Å². The Bertz CT molecular complexity index is 465. The summed E-state index contributed by atoms with van der Waals surface area (Å²) in [6.45, 7) is 3.22. The Balaban J connectivity index is 2.01. The van der Waals surface area contributed by atoms with E-state index < -0.39 is 0 Å². The second-order valence-electron chi connectivity index (χ2n) is 5.57. The highest BCUT2D eigenvalue weighted by Crippen LogP contribution is 2.28. The van der Waals surface area contributed by atoms with Gasteiger partial charge >= 0.3 is 0 Å². The van der Waals surface area contributed by atoms with Gasteiger partial charge in [-0.3, -0.25) is 4.79 Å². The molecule has 1 aromatic rings. The van der Waals surface area contributed by atoms with Crippen LogP contribution < -0.4 is 15.4 Å². The van der Waals surface area contributed by atoms with Gasteiger partial charge in [-0.15, -0.1) is 0 Å². The van der Waals surface area contributed by atoms with E-state index in [0.717, 1.165) is 25.9 Å². The second kappa shape index (κ2) is 7.43. The van der Waals surface area contributed by atoms with E-state index in [1.54, 1.807) is 26.4 Å². The summed E-state index contributed by atoms with van der Waals surface area (Å²) in [5.74, 6) is 0.502. The van der Waals surface area contributed by atoms with Gasteiger partial charge in [0.2, 0.25) is 0 Å². The number of ether oxygens (including phenoxy) is 2. The first kappa shape index (κ1) is 15.8. The van der Waals surface area contributed by atoms with Crippen molar-refractivity contribution >= 4 is 5.91 Å². The quantitative estimate of drug-likeness (QED) is 0.833. The van der Waals surface area contributed by atoms with Crippen molar-refractivity contribution in [1.82, 2.24) is 10.6 Å². The maximum absolute atomic E-state index is 12.4. The van der Waals surface area contributed by atoms with Gasteiger partial charge in [0.1, 0.15) is 5.75 Å². The largest absolute Gasteiger partial charge is 0.496 e. The van der Waals surface area contributed by atoms with Crippen molar-refractivity contribution in [2.75, 3.05) is 40.5 Å². The van der Waals surface area contributed by atoms with E-state index in [1.807, 2.05) is 12.1 Å². The molecule has 116 valence electrons. The minimum absolute atomic E-state index is 0.0255. The Hall–Kier alpha value is -1.59. The first-order valence-electron chi connectivity index (χ1n) is 7.32. The van der Waals surface area contributed by atoms with Gasteiger partial charge in [0.25, 0.3) is 5.91 Å². The Kier molecular flexibility index (Phi) is 5.59. The summed E-state index contributed by atoms with van der Waals surface area (Å²) in [6.07, 6.45) is 2.01. The number of hydrogen-bond acceptors (Lipinski definition) is 4. The molecule has 1 saturated heterocycles. The summed E-state index contributed by atoms with van der Waals surface area (Å²) in [7, 11) is 3.29. The molecule has 1 aliphatic rings. The van der Waals surface area contributed by atoms with Crippen molar-refractivity contribution in [3.8, 4) is 5.75 Å². The molecule has 1 heterocycles. The van der Waals surface area contributed by atoms with E-state index in [9.17, 15) is 4.79 Å². The van der Waals surface area contributed by atoms with Crippen molar-refractivity contribution in [3.63, 3.8) is 0 Å². The lowest BCUT2D eigenvalue weighted by molar-refractivity contribution is 0.0511. The Labute approximate surface area is 126 Å². The molecule has 0 aromatic heterocycles. The summed E-state index contributed by atoms with van der Waals surface area (Å²) >= 11 is 0. The molecule has 5 nitrogen and oxygen atoms in total. The van der Waals surface area contributed by atoms with Crippen LogP contribution in [0, 0.1) is 5.41 Å². The van der Waals surface area contributed by atoms with Crippen LogP contribution in [-0.2, 0) is 4.74 Å². The van der Waals surface area contributed by atoms with Crippen LogP contribution in [-0.4, -0.2) is 46.4 Å². The Morgan fingerprint density at radius 3 is 2.67 bits per heavy atom. The van der Waals surface area contributed by atoms with Gasteiger partial charge in [-0.25, -0.2) is 0 Å². The summed E-state index contributed by atoms with van der Waals surface area (Å²) in [6, 6.07) is 7.27. The summed E-state index contributed by atoms with van der Waals surface area (Å²) in [5.41, 5.74) is 0.596. The third kappa shape index (κ3) is 3.95. The fraction of sp³-hybridized carbons (Fsp3) is 0.562. The van der Waals surface area contributed by atoms with E-state index in [4.69, 9.17) is 9.47 Å². The number of para-hydroxylation sites is 1. The molecule has 5 heteroatoms. The smallest absolute Gasteiger partial charge is 0.255 e. The number of amides is 1. The Morgan fingerprint density at radius 2 is 2.00 bits per heavy atom. The van der Waals surface area contributed by atoms with Crippen molar-refractivity contribution in [2.45, 2.75) is 12.8 Å². The van der Waals surface area contributed by atoms with Crippen LogP contribution in [0.5, 0.6) is 5.75 Å². The third-order valence-electron chi connectivity index (χ3n) is 4.09. The molecule has 1 aliphatic heterocycles. The fourth-order valence-electron chi connectivity index (χ4n) is 2.83. The number of carbonyl (C=O) groups is 1. The highest BCUT2D eigenvalue weighted by Gasteiger charge is 2.32. The van der Waals surface area contributed by atoms with E-state index in [1.165, 1.54) is 0 Å². The summed E-state index contributed by atoms with van der Waals surface area (Å²) < 4.78 is 10.6. The minimum Gasteiger partial charge on any atom is -0.496 e. The SMILES string of the molecule is COCC1(CNC(=O)c2ccccc2OC)CCNCC1. The van der Waals surface area contributed by atoms with E-state index in [-0.39, 0.29) is 11.3 Å². The van der Waals surface area contributed by atoms with Crippen molar-refractivity contribution in [1.29, 1.82) is 0 Å². The van der Waals surface area contributed by atoms with Crippen LogP contribution in [0.3, 0.4) is 0 Å². The second-order valence-corrected chi connectivity index (χ2v) is 5.57. The average molecular weight is 292 g/mol. The predicted molar refractivity (Wildman–Crippen MR) is 81.7 cm³/mol. The molecule has 1 amide bonds. The number of carbonyl (C=O) groups excluding carboxylic acids is 1. The van der Waals surface area contributed by atoms with Gasteiger partial charge in [0, 0.05) is 19.1 Å². The summed E-state index contributed by atoms with van der Waals surface area (Å²) in [4.78, 5) is 12.4. The fourth-order valence-corrected chi connectivity index (χ4v) is 2.83. The molecule has 1 fully saturated rings. The molecule has 0 atom stereocenters. The highest BCUT2D eigenvalue weighted by atomic mass is 16.5. The Morgan fingerprint density at radius 1 is 1.29 bits per heavy atom. The topological polar surface area (TPSA) is 59.6 Å². The molecule has 2 N–H and O–H groups in total. The molecule has 0 bridgehead atoms. The van der Waals surface area contributed by atoms with Crippen LogP contribution in [0.15, 0.2) is 24.3 Å². The van der Waals surface area contributed by atoms with Gasteiger partial charge < -0.3 is 20.1 Å². The lowest BCUT2D eigenvalue weighted by Gasteiger charge is -2.37. The van der Waals surface area contributed by atoms with E-state index in [0.29, 0.717) is 24.5 Å². The number of piperidine rings is 1. The molecule has 0 unspecified atom stereocenters. The van der Waals surface area contributed by atoms with E-state index >= 15 is 0 Å². The molecule has 0 spiro atoms. The predicted octanol–water partition coefficient (Wildman–Crippen LogP) is 1.44. The maximum atomic E-state index is 12.4. The average Bonchev–Trinajstić information content (AvgIpc) is 2.54. The molecule has 0 saturated carbocycles. The zero-order valence-corrected chi connectivity index (χ0v) is 12.8. The normalized spacial score (nSPS) is 17.2. The number of benzene rings is 1. The monoisotopic (exact) mass is 292 g/mol. The van der Waals surface area contributed by atoms with E-state index in [2.05, 4.69) is 10.6 Å². The van der Waals surface area contributed by atoms with Gasteiger partial charge in [0.15, 0.2) is 0 Å². The number of methoxy groups -OCH3 is 2. The van der Waals surface area contributed by atoms with Gasteiger partial charge in [0.05, 0.1) is 19.3 Å². The molecule has 2 rings (SSSR count). The maximum Gasteiger partial charge on any atom is 0.255 e. The zero-order chi connectivity index (χ0) is 15.1. The molecule has 0 radical (unpaired) electrons. The molecular formula is C16H24N2O3. The minimum atomic E-state index is -0.0959. The lowest BCUT2D eigenvalue weighted by atomic mass is 9.79. The van der Waals surface area contributed by atoms with Crippen molar-refractivity contribution in [3.05, 3.63) is 29.8 Å². The first-order valence-corrected chi connectivity index (χ1v) is 7.32. The lowest BCUT2D eigenvalue weighted by Crippen LogP contribution is -2.47. The van der Waals surface area contributed by atoms with Crippen LogP contribution in [0.4, 0.5) is 0 Å². The number of rotatable bonds is 6. The van der Waals surface area contributed by atoms with Crippen LogP contribution in [0.1, 0.15) is 23.2 Å².